The predicted molar refractivity (Wildman–Crippen MR) is 60.0 cm³/mol. The summed E-state index contributed by atoms with van der Waals surface area (Å²) in [7, 11) is 0. The van der Waals surface area contributed by atoms with Crippen LogP contribution in [0.3, 0.4) is 0 Å². The Morgan fingerprint density at radius 1 is 1.05 bits per heavy atom. The Bertz CT molecular complexity index is 659. The monoisotopic (exact) mass is 285 g/mol. The molecule has 0 unspecified atom stereocenters. The lowest BCUT2D eigenvalue weighted by Crippen LogP contribution is -2.30. The summed E-state index contributed by atoms with van der Waals surface area (Å²) in [6.07, 6.45) is 1.09. The molecular weight excluding hydrogens is 279 g/mol. The Morgan fingerprint density at radius 2 is 1.75 bits per heavy atom. The van der Waals surface area contributed by atoms with Crippen molar-refractivity contribution >= 4 is 23.5 Å². The molecule has 0 radical (unpaired) electrons. The van der Waals surface area contributed by atoms with Gasteiger partial charge in [-0.05, 0) is 12.1 Å². The molecule has 2 aromatic rings. The van der Waals surface area contributed by atoms with Crippen LogP contribution in [-0.4, -0.2) is 27.0 Å². The van der Waals surface area contributed by atoms with Crippen LogP contribution in [0.1, 0.15) is 0 Å². The lowest BCUT2D eigenvalue weighted by Gasteiger charge is -2.06. The molecule has 0 aliphatic rings. The van der Waals surface area contributed by atoms with Crippen LogP contribution < -0.4 is 10.6 Å². The fourth-order valence-electron chi connectivity index (χ4n) is 1.23. The summed E-state index contributed by atoms with van der Waals surface area (Å²) >= 11 is 0. The van der Waals surface area contributed by atoms with E-state index in [0.29, 0.717) is 6.07 Å². The molecule has 1 heterocycles. The van der Waals surface area contributed by atoms with E-state index in [9.17, 15) is 22.8 Å². The average Bonchev–Trinajstić information content (AvgIpc) is 2.92. The van der Waals surface area contributed by atoms with E-state index in [1.807, 2.05) is 5.32 Å². The van der Waals surface area contributed by atoms with Gasteiger partial charge >= 0.3 is 11.8 Å². The van der Waals surface area contributed by atoms with Gasteiger partial charge in [-0.2, -0.15) is 10.1 Å². The van der Waals surface area contributed by atoms with Crippen molar-refractivity contribution in [3.8, 4) is 0 Å². The first-order valence-electron chi connectivity index (χ1n) is 5.10. The predicted octanol–water partition coefficient (Wildman–Crippen LogP) is 0.799. The molecule has 2 rings (SSSR count). The summed E-state index contributed by atoms with van der Waals surface area (Å²) < 4.78 is 38.9. The number of aromatic amines is 1. The number of aromatic nitrogens is 3. The highest BCUT2D eigenvalue weighted by molar-refractivity contribution is 6.43. The normalized spacial score (nSPS) is 10.2. The molecule has 1 aromatic heterocycles. The molecule has 0 atom stereocenters. The van der Waals surface area contributed by atoms with Gasteiger partial charge in [-0.3, -0.25) is 14.9 Å². The summed E-state index contributed by atoms with van der Waals surface area (Å²) in [6.45, 7) is 0. The van der Waals surface area contributed by atoms with Gasteiger partial charge in [0.25, 0.3) is 0 Å². The number of hydrogen-bond acceptors (Lipinski definition) is 4. The molecule has 0 aliphatic carbocycles. The van der Waals surface area contributed by atoms with E-state index in [2.05, 4.69) is 15.2 Å². The highest BCUT2D eigenvalue weighted by Crippen LogP contribution is 2.19. The molecular formula is C10H6F3N5O2. The summed E-state index contributed by atoms with van der Waals surface area (Å²) in [5.74, 6) is -7.34. The fourth-order valence-corrected chi connectivity index (χ4v) is 1.23. The van der Waals surface area contributed by atoms with Crippen molar-refractivity contribution in [2.24, 2.45) is 0 Å². The van der Waals surface area contributed by atoms with Gasteiger partial charge in [0.15, 0.2) is 17.5 Å². The molecule has 0 fully saturated rings. The van der Waals surface area contributed by atoms with Gasteiger partial charge in [-0.1, -0.05) is 0 Å². The van der Waals surface area contributed by atoms with Crippen LogP contribution in [-0.2, 0) is 9.59 Å². The minimum Gasteiger partial charge on any atom is -0.315 e. The number of carbonyl (C=O) groups excluding carboxylic acids is 2. The summed E-state index contributed by atoms with van der Waals surface area (Å²) in [6, 6.07) is 1.40. The van der Waals surface area contributed by atoms with Gasteiger partial charge in [-0.25, -0.2) is 18.3 Å². The second kappa shape index (κ2) is 5.38. The minimum absolute atomic E-state index is 0.101. The van der Waals surface area contributed by atoms with E-state index in [0.717, 1.165) is 12.4 Å². The maximum Gasteiger partial charge on any atom is 0.316 e. The van der Waals surface area contributed by atoms with Gasteiger partial charge in [0.2, 0.25) is 5.95 Å². The lowest BCUT2D eigenvalue weighted by atomic mass is 10.2. The van der Waals surface area contributed by atoms with Gasteiger partial charge < -0.3 is 5.32 Å². The number of hydrogen-bond donors (Lipinski definition) is 3. The molecule has 3 N–H and O–H groups in total. The van der Waals surface area contributed by atoms with Crippen LogP contribution >= 0.6 is 0 Å². The zero-order chi connectivity index (χ0) is 14.7. The Labute approximate surface area is 109 Å². The van der Waals surface area contributed by atoms with Crippen molar-refractivity contribution in [2.75, 3.05) is 10.6 Å². The number of halogens is 3. The molecule has 0 bridgehead atoms. The topological polar surface area (TPSA) is 99.8 Å². The Morgan fingerprint density at radius 3 is 2.40 bits per heavy atom. The molecule has 7 nitrogen and oxygen atoms in total. The number of H-pyrrole nitrogens is 1. The first kappa shape index (κ1) is 13.5. The van der Waals surface area contributed by atoms with Crippen molar-refractivity contribution in [1.29, 1.82) is 0 Å². The third-order valence-electron chi connectivity index (χ3n) is 2.14. The lowest BCUT2D eigenvalue weighted by molar-refractivity contribution is -0.133. The van der Waals surface area contributed by atoms with E-state index in [4.69, 9.17) is 0 Å². The van der Waals surface area contributed by atoms with Crippen LogP contribution in [0.5, 0.6) is 0 Å². The first-order chi connectivity index (χ1) is 9.49. The number of nitrogens with zero attached hydrogens (tertiary/aromatic N) is 2. The Kier molecular flexibility index (Phi) is 3.64. The maximum absolute atomic E-state index is 13.3. The molecule has 0 aliphatic heterocycles. The molecule has 2 amide bonds. The number of amides is 2. The van der Waals surface area contributed by atoms with Crippen molar-refractivity contribution in [3.63, 3.8) is 0 Å². The highest BCUT2D eigenvalue weighted by atomic mass is 19.2. The van der Waals surface area contributed by atoms with Crippen molar-refractivity contribution in [1.82, 2.24) is 15.2 Å². The van der Waals surface area contributed by atoms with E-state index in [1.54, 1.807) is 5.32 Å². The quantitative estimate of drug-likeness (QED) is 0.561. The minimum atomic E-state index is -1.75. The van der Waals surface area contributed by atoms with E-state index in [1.165, 1.54) is 0 Å². The molecule has 0 spiro atoms. The van der Waals surface area contributed by atoms with Gasteiger partial charge in [0, 0.05) is 0 Å². The SMILES string of the molecule is O=C(Nc1ncn[nH]1)C(=O)Nc1ccc(F)c(F)c1F. The van der Waals surface area contributed by atoms with E-state index < -0.39 is 35.0 Å². The molecule has 0 saturated carbocycles. The van der Waals surface area contributed by atoms with Crippen LogP contribution in [0.25, 0.3) is 0 Å². The van der Waals surface area contributed by atoms with Gasteiger partial charge in [0.1, 0.15) is 6.33 Å². The number of anilines is 2. The first-order valence-corrected chi connectivity index (χ1v) is 5.10. The zero-order valence-corrected chi connectivity index (χ0v) is 9.58. The number of rotatable bonds is 2. The Balaban J connectivity index is 2.08. The maximum atomic E-state index is 13.3. The third-order valence-corrected chi connectivity index (χ3v) is 2.14. The third kappa shape index (κ3) is 2.74. The number of nitrogens with one attached hydrogen (secondary N) is 3. The Hall–Kier alpha value is -2.91. The van der Waals surface area contributed by atoms with Crippen LogP contribution in [0.2, 0.25) is 0 Å². The summed E-state index contributed by atoms with van der Waals surface area (Å²) in [4.78, 5) is 26.3. The fraction of sp³-hybridized carbons (Fsp3) is 0. The van der Waals surface area contributed by atoms with Crippen LogP contribution in [0.15, 0.2) is 18.5 Å². The van der Waals surface area contributed by atoms with Crippen LogP contribution in [0, 0.1) is 17.5 Å². The molecule has 1 aromatic carbocycles. The van der Waals surface area contributed by atoms with E-state index in [-0.39, 0.29) is 5.95 Å². The van der Waals surface area contributed by atoms with Gasteiger partial charge in [-0.15, -0.1) is 0 Å². The number of benzene rings is 1. The highest BCUT2D eigenvalue weighted by Gasteiger charge is 2.19. The largest absolute Gasteiger partial charge is 0.316 e. The van der Waals surface area contributed by atoms with Gasteiger partial charge in [0.05, 0.1) is 5.69 Å². The molecule has 0 saturated heterocycles. The second-order valence-corrected chi connectivity index (χ2v) is 3.47. The molecule has 104 valence electrons. The molecule has 20 heavy (non-hydrogen) atoms. The van der Waals surface area contributed by atoms with E-state index >= 15 is 0 Å². The smallest absolute Gasteiger partial charge is 0.315 e. The summed E-state index contributed by atoms with van der Waals surface area (Å²) in [5, 5.41) is 9.49. The summed E-state index contributed by atoms with van der Waals surface area (Å²) in [5.41, 5.74) is -0.665. The second-order valence-electron chi connectivity index (χ2n) is 3.47. The zero-order valence-electron chi connectivity index (χ0n) is 9.58. The van der Waals surface area contributed by atoms with Crippen molar-refractivity contribution in [2.45, 2.75) is 0 Å². The van der Waals surface area contributed by atoms with Crippen molar-refractivity contribution < 1.29 is 22.8 Å². The number of carbonyl (C=O) groups is 2. The average molecular weight is 285 g/mol. The van der Waals surface area contributed by atoms with Crippen LogP contribution in [0.4, 0.5) is 24.8 Å². The van der Waals surface area contributed by atoms with Crippen molar-refractivity contribution in [3.05, 3.63) is 35.9 Å². The standard InChI is InChI=1S/C10H6F3N5O2/c11-4-1-2-5(7(13)6(4)12)16-8(19)9(20)17-10-14-3-15-18-10/h1-3H,(H,16,19)(H2,14,15,17,18,20). The molecule has 10 heteroatoms.